The van der Waals surface area contributed by atoms with E-state index in [0.717, 1.165) is 32.5 Å². The van der Waals surface area contributed by atoms with Crippen molar-refractivity contribution in [3.63, 3.8) is 0 Å². The van der Waals surface area contributed by atoms with E-state index in [2.05, 4.69) is 18.4 Å². The maximum atomic E-state index is 5.15. The van der Waals surface area contributed by atoms with Gasteiger partial charge in [-0.05, 0) is 13.3 Å². The van der Waals surface area contributed by atoms with Crippen LogP contribution in [0, 0.1) is 11.8 Å². The predicted molar refractivity (Wildman–Crippen MR) is 48.3 cm³/mol. The Labute approximate surface area is 69.4 Å². The third-order valence-electron chi connectivity index (χ3n) is 1.17. The Hall–Kier alpha value is -0.740. The van der Waals surface area contributed by atoms with Gasteiger partial charge in [-0.3, -0.25) is 0 Å². The van der Waals surface area contributed by atoms with Crippen LogP contribution >= 0.6 is 0 Å². The van der Waals surface area contributed by atoms with Crippen LogP contribution in [0.5, 0.6) is 0 Å². The van der Waals surface area contributed by atoms with Crippen molar-refractivity contribution in [3.8, 4) is 11.8 Å². The summed E-state index contributed by atoms with van der Waals surface area (Å²) in [5, 5.41) is 0. The normalized spacial score (nSPS) is 8.45. The van der Waals surface area contributed by atoms with Crippen LogP contribution in [0.4, 0.5) is 0 Å². The van der Waals surface area contributed by atoms with Gasteiger partial charge in [-0.2, -0.15) is 0 Å². The Morgan fingerprint density at radius 2 is 2.27 bits per heavy atom. The van der Waals surface area contributed by atoms with Gasteiger partial charge in [0.2, 0.25) is 0 Å². The van der Waals surface area contributed by atoms with Gasteiger partial charge in [-0.1, -0.05) is 12.0 Å². The molecule has 0 spiro atoms. The SMILES string of the molecule is C=CCC#CCCCOCC. The average Bonchev–Trinajstić information content (AvgIpc) is 2.03. The molecule has 1 heteroatoms. The number of hydrogen-bond donors (Lipinski definition) is 0. The molecule has 0 saturated carbocycles. The molecule has 0 bridgehead atoms. The van der Waals surface area contributed by atoms with Crippen molar-refractivity contribution in [1.82, 2.24) is 0 Å². The van der Waals surface area contributed by atoms with Crippen LogP contribution in [-0.2, 0) is 4.74 Å². The van der Waals surface area contributed by atoms with E-state index in [1.807, 2.05) is 13.0 Å². The van der Waals surface area contributed by atoms with Gasteiger partial charge in [-0.25, -0.2) is 0 Å². The summed E-state index contributed by atoms with van der Waals surface area (Å²) >= 11 is 0. The molecule has 0 aliphatic heterocycles. The third-order valence-corrected chi connectivity index (χ3v) is 1.17. The fourth-order valence-corrected chi connectivity index (χ4v) is 0.640. The van der Waals surface area contributed by atoms with Gasteiger partial charge < -0.3 is 4.74 Å². The van der Waals surface area contributed by atoms with Crippen molar-refractivity contribution >= 4 is 0 Å². The highest BCUT2D eigenvalue weighted by Gasteiger charge is 1.81. The molecule has 62 valence electrons. The second-order valence-corrected chi connectivity index (χ2v) is 2.15. The lowest BCUT2D eigenvalue weighted by atomic mass is 10.3. The highest BCUT2D eigenvalue weighted by molar-refractivity contribution is 5.02. The fourth-order valence-electron chi connectivity index (χ4n) is 0.640. The molecule has 0 aliphatic rings. The summed E-state index contributed by atoms with van der Waals surface area (Å²) in [7, 11) is 0. The van der Waals surface area contributed by atoms with Crippen LogP contribution in [0.15, 0.2) is 12.7 Å². The summed E-state index contributed by atoms with van der Waals surface area (Å²) in [6.07, 6.45) is 4.59. The van der Waals surface area contributed by atoms with Crippen molar-refractivity contribution < 1.29 is 4.74 Å². The van der Waals surface area contributed by atoms with Crippen LogP contribution in [-0.4, -0.2) is 13.2 Å². The first-order valence-corrected chi connectivity index (χ1v) is 4.06. The molecule has 11 heavy (non-hydrogen) atoms. The molecule has 0 radical (unpaired) electrons. The van der Waals surface area contributed by atoms with Crippen molar-refractivity contribution in [3.05, 3.63) is 12.7 Å². The number of hydrogen-bond acceptors (Lipinski definition) is 1. The van der Waals surface area contributed by atoms with Gasteiger partial charge in [0, 0.05) is 26.1 Å². The van der Waals surface area contributed by atoms with Crippen molar-refractivity contribution in [1.29, 1.82) is 0 Å². The monoisotopic (exact) mass is 152 g/mol. The lowest BCUT2D eigenvalue weighted by Gasteiger charge is -1.95. The molecule has 0 heterocycles. The number of rotatable bonds is 5. The van der Waals surface area contributed by atoms with E-state index in [1.54, 1.807) is 0 Å². The highest BCUT2D eigenvalue weighted by atomic mass is 16.5. The molecule has 0 aromatic heterocycles. The summed E-state index contributed by atoms with van der Waals surface area (Å²) in [4.78, 5) is 0. The topological polar surface area (TPSA) is 9.23 Å². The zero-order valence-corrected chi connectivity index (χ0v) is 7.23. The third kappa shape index (κ3) is 9.26. The van der Waals surface area contributed by atoms with Crippen molar-refractivity contribution in [2.75, 3.05) is 13.2 Å². The zero-order valence-electron chi connectivity index (χ0n) is 7.23. The summed E-state index contributed by atoms with van der Waals surface area (Å²) in [5.74, 6) is 6.03. The lowest BCUT2D eigenvalue weighted by Crippen LogP contribution is -1.91. The van der Waals surface area contributed by atoms with Crippen LogP contribution in [0.3, 0.4) is 0 Å². The number of allylic oxidation sites excluding steroid dienone is 1. The molecular formula is C10H16O. The van der Waals surface area contributed by atoms with E-state index in [1.165, 1.54) is 0 Å². The molecule has 0 aromatic carbocycles. The van der Waals surface area contributed by atoms with Gasteiger partial charge in [0.05, 0.1) is 0 Å². The quantitative estimate of drug-likeness (QED) is 0.334. The van der Waals surface area contributed by atoms with E-state index in [9.17, 15) is 0 Å². The summed E-state index contributed by atoms with van der Waals surface area (Å²) in [6.45, 7) is 7.22. The summed E-state index contributed by atoms with van der Waals surface area (Å²) in [5.41, 5.74) is 0. The Morgan fingerprint density at radius 3 is 2.91 bits per heavy atom. The molecule has 0 N–H and O–H groups in total. The second kappa shape index (κ2) is 9.26. The Kier molecular flexibility index (Phi) is 8.64. The maximum absolute atomic E-state index is 5.15. The molecule has 0 atom stereocenters. The highest BCUT2D eigenvalue weighted by Crippen LogP contribution is 1.88. The first-order valence-electron chi connectivity index (χ1n) is 4.06. The van der Waals surface area contributed by atoms with E-state index in [4.69, 9.17) is 4.74 Å². The Morgan fingerprint density at radius 1 is 1.45 bits per heavy atom. The molecule has 0 rings (SSSR count). The van der Waals surface area contributed by atoms with Crippen molar-refractivity contribution in [2.45, 2.75) is 26.2 Å². The average molecular weight is 152 g/mol. The molecule has 1 nitrogen and oxygen atoms in total. The van der Waals surface area contributed by atoms with Gasteiger partial charge in [0.15, 0.2) is 0 Å². The first-order chi connectivity index (χ1) is 5.41. The molecule has 0 unspecified atom stereocenters. The van der Waals surface area contributed by atoms with Crippen LogP contribution in [0.1, 0.15) is 26.2 Å². The van der Waals surface area contributed by atoms with E-state index >= 15 is 0 Å². The van der Waals surface area contributed by atoms with E-state index in [0.29, 0.717) is 0 Å². The molecular weight excluding hydrogens is 136 g/mol. The van der Waals surface area contributed by atoms with Crippen LogP contribution < -0.4 is 0 Å². The number of unbranched alkanes of at least 4 members (excludes halogenated alkanes) is 1. The second-order valence-electron chi connectivity index (χ2n) is 2.15. The fraction of sp³-hybridized carbons (Fsp3) is 0.600. The van der Waals surface area contributed by atoms with E-state index in [-0.39, 0.29) is 0 Å². The smallest absolute Gasteiger partial charge is 0.0474 e. The zero-order chi connectivity index (χ0) is 8.36. The molecule has 0 amide bonds. The first kappa shape index (κ1) is 10.3. The minimum Gasteiger partial charge on any atom is -0.382 e. The van der Waals surface area contributed by atoms with Gasteiger partial charge in [0.25, 0.3) is 0 Å². The predicted octanol–water partition coefficient (Wildman–Crippen LogP) is 2.38. The molecule has 0 aliphatic carbocycles. The Bertz CT molecular complexity index is 139. The lowest BCUT2D eigenvalue weighted by molar-refractivity contribution is 0.146. The summed E-state index contributed by atoms with van der Waals surface area (Å²) < 4.78 is 5.15. The summed E-state index contributed by atoms with van der Waals surface area (Å²) in [6, 6.07) is 0. The minimum atomic E-state index is 0.800. The molecule has 0 aromatic rings. The Balaban J connectivity index is 3.02. The van der Waals surface area contributed by atoms with Crippen LogP contribution in [0.25, 0.3) is 0 Å². The van der Waals surface area contributed by atoms with Gasteiger partial charge >= 0.3 is 0 Å². The van der Waals surface area contributed by atoms with Crippen molar-refractivity contribution in [2.24, 2.45) is 0 Å². The van der Waals surface area contributed by atoms with Gasteiger partial charge in [-0.15, -0.1) is 12.5 Å². The van der Waals surface area contributed by atoms with E-state index < -0.39 is 0 Å². The minimum absolute atomic E-state index is 0.800. The maximum Gasteiger partial charge on any atom is 0.0474 e. The largest absolute Gasteiger partial charge is 0.382 e. The van der Waals surface area contributed by atoms with Crippen LogP contribution in [0.2, 0.25) is 0 Å². The molecule has 0 saturated heterocycles. The number of ether oxygens (including phenoxy) is 1. The standard InChI is InChI=1S/C10H16O/c1-3-5-6-7-8-9-10-11-4-2/h3H,1,4-5,8-10H2,2H3. The molecule has 0 fully saturated rings. The van der Waals surface area contributed by atoms with Gasteiger partial charge in [0.1, 0.15) is 0 Å².